The van der Waals surface area contributed by atoms with Gasteiger partial charge in [0.1, 0.15) is 12.4 Å². The summed E-state index contributed by atoms with van der Waals surface area (Å²) in [4.78, 5) is 11.4. The molecule has 0 radical (unpaired) electrons. The van der Waals surface area contributed by atoms with Crippen LogP contribution in [0.3, 0.4) is 0 Å². The second-order valence-electron chi connectivity index (χ2n) is 2.99. The van der Waals surface area contributed by atoms with Gasteiger partial charge in [-0.05, 0) is 6.07 Å². The quantitative estimate of drug-likeness (QED) is 0.556. The fourth-order valence-electron chi connectivity index (χ4n) is 1.59. The van der Waals surface area contributed by atoms with E-state index < -0.39 is 0 Å². The van der Waals surface area contributed by atoms with Gasteiger partial charge in [-0.15, -0.1) is 11.6 Å². The van der Waals surface area contributed by atoms with E-state index in [1.54, 1.807) is 13.2 Å². The standard InChI is InChI=1S/C10H9ClO3/c1-13-8-3-2-6-5-14-10(12)9(6)7(8)4-11/h2-3H,4-5H2,1H3. The number of methoxy groups -OCH3 is 1. The van der Waals surface area contributed by atoms with Crippen LogP contribution < -0.4 is 4.74 Å². The smallest absolute Gasteiger partial charge is 0.339 e. The molecule has 1 aliphatic rings. The van der Waals surface area contributed by atoms with E-state index in [2.05, 4.69) is 0 Å². The summed E-state index contributed by atoms with van der Waals surface area (Å²) < 4.78 is 10.0. The van der Waals surface area contributed by atoms with Gasteiger partial charge in [-0.25, -0.2) is 4.79 Å². The minimum atomic E-state index is -0.311. The van der Waals surface area contributed by atoms with E-state index in [1.807, 2.05) is 6.07 Å². The van der Waals surface area contributed by atoms with E-state index in [9.17, 15) is 4.79 Å². The Kier molecular flexibility index (Phi) is 2.33. The molecule has 4 heteroatoms. The van der Waals surface area contributed by atoms with E-state index in [0.717, 1.165) is 5.56 Å². The Balaban J connectivity index is 2.63. The van der Waals surface area contributed by atoms with E-state index in [0.29, 0.717) is 23.5 Å². The third-order valence-corrected chi connectivity index (χ3v) is 2.54. The minimum absolute atomic E-state index is 0.251. The SMILES string of the molecule is COc1ccc2c(c1CCl)C(=O)OC2. The van der Waals surface area contributed by atoms with Crippen molar-refractivity contribution in [3.63, 3.8) is 0 Å². The summed E-state index contributed by atoms with van der Waals surface area (Å²) in [5.74, 6) is 0.578. The molecule has 3 nitrogen and oxygen atoms in total. The highest BCUT2D eigenvalue weighted by Gasteiger charge is 2.26. The normalized spacial score (nSPS) is 13.7. The van der Waals surface area contributed by atoms with E-state index >= 15 is 0 Å². The largest absolute Gasteiger partial charge is 0.496 e. The molecule has 0 amide bonds. The molecule has 1 aliphatic heterocycles. The Morgan fingerprint density at radius 2 is 2.36 bits per heavy atom. The van der Waals surface area contributed by atoms with Crippen LogP contribution in [0.1, 0.15) is 21.5 Å². The Morgan fingerprint density at radius 3 is 3.00 bits per heavy atom. The highest BCUT2D eigenvalue weighted by molar-refractivity contribution is 6.18. The topological polar surface area (TPSA) is 35.5 Å². The summed E-state index contributed by atoms with van der Waals surface area (Å²) in [5, 5.41) is 0. The maximum atomic E-state index is 11.4. The number of cyclic esters (lactones) is 1. The zero-order chi connectivity index (χ0) is 10.1. The van der Waals surface area contributed by atoms with Crippen molar-refractivity contribution in [2.45, 2.75) is 12.5 Å². The number of hydrogen-bond acceptors (Lipinski definition) is 3. The average molecular weight is 213 g/mol. The zero-order valence-corrected chi connectivity index (χ0v) is 8.43. The van der Waals surface area contributed by atoms with Gasteiger partial charge in [-0.2, -0.15) is 0 Å². The summed E-state index contributed by atoms with van der Waals surface area (Å²) in [6.45, 7) is 0.335. The number of esters is 1. The molecule has 1 aromatic rings. The Hall–Kier alpha value is -1.22. The van der Waals surface area contributed by atoms with Crippen LogP contribution in [0.4, 0.5) is 0 Å². The van der Waals surface area contributed by atoms with Gasteiger partial charge in [0.25, 0.3) is 0 Å². The Labute approximate surface area is 86.6 Å². The van der Waals surface area contributed by atoms with Crippen molar-refractivity contribution in [3.8, 4) is 5.75 Å². The molecule has 74 valence electrons. The first-order chi connectivity index (χ1) is 6.77. The maximum absolute atomic E-state index is 11.4. The lowest BCUT2D eigenvalue weighted by Crippen LogP contribution is -2.01. The Bertz CT molecular complexity index is 387. The van der Waals surface area contributed by atoms with Crippen LogP contribution in [0.5, 0.6) is 5.75 Å². The highest BCUT2D eigenvalue weighted by Crippen LogP contribution is 2.31. The highest BCUT2D eigenvalue weighted by atomic mass is 35.5. The molecular weight excluding hydrogens is 204 g/mol. The molecule has 0 bridgehead atoms. The molecule has 14 heavy (non-hydrogen) atoms. The van der Waals surface area contributed by atoms with Crippen LogP contribution in [-0.2, 0) is 17.2 Å². The molecule has 2 rings (SSSR count). The number of benzene rings is 1. The second-order valence-corrected chi connectivity index (χ2v) is 3.26. The summed E-state index contributed by atoms with van der Waals surface area (Å²) in [6.07, 6.45) is 0. The number of halogens is 1. The van der Waals surface area contributed by atoms with Crippen molar-refractivity contribution >= 4 is 17.6 Å². The molecule has 1 heterocycles. The molecule has 0 atom stereocenters. The molecule has 1 aromatic carbocycles. The van der Waals surface area contributed by atoms with Gasteiger partial charge in [0, 0.05) is 11.1 Å². The van der Waals surface area contributed by atoms with Crippen molar-refractivity contribution in [2.75, 3.05) is 7.11 Å². The van der Waals surface area contributed by atoms with E-state index in [-0.39, 0.29) is 11.8 Å². The van der Waals surface area contributed by atoms with Crippen molar-refractivity contribution in [1.29, 1.82) is 0 Å². The van der Waals surface area contributed by atoms with Crippen molar-refractivity contribution in [1.82, 2.24) is 0 Å². The van der Waals surface area contributed by atoms with Crippen molar-refractivity contribution in [3.05, 3.63) is 28.8 Å². The number of fused-ring (bicyclic) bond motifs is 1. The fourth-order valence-corrected chi connectivity index (χ4v) is 1.86. The average Bonchev–Trinajstić information content (AvgIpc) is 2.59. The monoisotopic (exact) mass is 212 g/mol. The van der Waals surface area contributed by atoms with Gasteiger partial charge < -0.3 is 9.47 Å². The molecule has 0 N–H and O–H groups in total. The molecule has 0 saturated heterocycles. The molecule has 0 fully saturated rings. The predicted molar refractivity (Wildman–Crippen MR) is 51.7 cm³/mol. The lowest BCUT2D eigenvalue weighted by atomic mass is 10.0. The van der Waals surface area contributed by atoms with Gasteiger partial charge in [0.2, 0.25) is 0 Å². The van der Waals surface area contributed by atoms with Crippen LogP contribution in [0, 0.1) is 0 Å². The molecular formula is C10H9ClO3. The van der Waals surface area contributed by atoms with Gasteiger partial charge in [0.05, 0.1) is 18.6 Å². The van der Waals surface area contributed by atoms with Crippen LogP contribution in [0.15, 0.2) is 12.1 Å². The lowest BCUT2D eigenvalue weighted by Gasteiger charge is -2.08. The molecule has 0 aromatic heterocycles. The third kappa shape index (κ3) is 1.24. The Morgan fingerprint density at radius 1 is 1.57 bits per heavy atom. The van der Waals surface area contributed by atoms with Gasteiger partial charge in [0.15, 0.2) is 0 Å². The summed E-state index contributed by atoms with van der Waals surface area (Å²) >= 11 is 5.77. The maximum Gasteiger partial charge on any atom is 0.339 e. The first-order valence-corrected chi connectivity index (χ1v) is 4.73. The van der Waals surface area contributed by atoms with Crippen molar-refractivity contribution in [2.24, 2.45) is 0 Å². The fraction of sp³-hybridized carbons (Fsp3) is 0.300. The number of ether oxygens (including phenoxy) is 2. The van der Waals surface area contributed by atoms with Crippen LogP contribution in [-0.4, -0.2) is 13.1 Å². The summed E-state index contributed by atoms with van der Waals surface area (Å²) in [6, 6.07) is 3.63. The van der Waals surface area contributed by atoms with E-state index in [1.165, 1.54) is 0 Å². The third-order valence-electron chi connectivity index (χ3n) is 2.27. The van der Waals surface area contributed by atoms with Gasteiger partial charge in [-0.3, -0.25) is 0 Å². The van der Waals surface area contributed by atoms with Gasteiger partial charge in [-0.1, -0.05) is 6.07 Å². The lowest BCUT2D eigenvalue weighted by molar-refractivity contribution is 0.0534. The summed E-state index contributed by atoms with van der Waals surface area (Å²) in [5.41, 5.74) is 2.17. The predicted octanol–water partition coefficient (Wildman–Crippen LogP) is 2.10. The second kappa shape index (κ2) is 3.50. The van der Waals surface area contributed by atoms with Crippen LogP contribution >= 0.6 is 11.6 Å². The number of rotatable bonds is 2. The molecule has 0 unspecified atom stereocenters. The number of hydrogen-bond donors (Lipinski definition) is 0. The number of alkyl halides is 1. The van der Waals surface area contributed by atoms with Crippen LogP contribution in [0.2, 0.25) is 0 Å². The summed E-state index contributed by atoms with van der Waals surface area (Å²) in [7, 11) is 1.55. The molecule has 0 saturated carbocycles. The molecule has 0 spiro atoms. The molecule has 0 aliphatic carbocycles. The van der Waals surface area contributed by atoms with E-state index in [4.69, 9.17) is 21.1 Å². The first-order valence-electron chi connectivity index (χ1n) is 4.19. The first kappa shape index (κ1) is 9.34. The number of carbonyl (C=O) groups is 1. The van der Waals surface area contributed by atoms with Gasteiger partial charge >= 0.3 is 5.97 Å². The minimum Gasteiger partial charge on any atom is -0.496 e. The van der Waals surface area contributed by atoms with Crippen LogP contribution in [0.25, 0.3) is 0 Å². The number of carbonyl (C=O) groups excluding carboxylic acids is 1. The zero-order valence-electron chi connectivity index (χ0n) is 7.67. The van der Waals surface area contributed by atoms with Crippen molar-refractivity contribution < 1.29 is 14.3 Å².